The van der Waals surface area contributed by atoms with Crippen LogP contribution in [0.25, 0.3) is 0 Å². The van der Waals surface area contributed by atoms with Gasteiger partial charge in [0, 0.05) is 62.9 Å². The average molecular weight is 493 g/mol. The van der Waals surface area contributed by atoms with Crippen molar-refractivity contribution in [2.75, 3.05) is 42.9 Å². The van der Waals surface area contributed by atoms with Crippen molar-refractivity contribution in [2.45, 2.75) is 6.04 Å². The van der Waals surface area contributed by atoms with Gasteiger partial charge in [0.2, 0.25) is 0 Å². The molecule has 3 aromatic rings. The van der Waals surface area contributed by atoms with Crippen molar-refractivity contribution in [1.82, 2.24) is 15.2 Å². The summed E-state index contributed by atoms with van der Waals surface area (Å²) >= 11 is 0. The fraction of sp³-hybridized carbons (Fsp3) is 0.240. The monoisotopic (exact) mass is 492 g/mol. The Balaban J connectivity index is 1.38. The maximum Gasteiger partial charge on any atom is 0.313 e. The van der Waals surface area contributed by atoms with E-state index in [1.165, 1.54) is 30.3 Å². The number of aromatic nitrogens is 1. The normalized spacial score (nSPS) is 14.6. The number of halogens is 1. The predicted octanol–water partition coefficient (Wildman–Crippen LogP) is 2.75. The Bertz CT molecular complexity index is 1220. The molecular formula is C25H25FN6O4. The van der Waals surface area contributed by atoms with Crippen LogP contribution in [0.4, 0.5) is 21.5 Å². The number of para-hydroxylation sites is 1. The largest absolute Gasteiger partial charge is 0.367 e. The van der Waals surface area contributed by atoms with Crippen LogP contribution in [0.15, 0.2) is 73.1 Å². The summed E-state index contributed by atoms with van der Waals surface area (Å²) in [5.74, 6) is -1.97. The number of carbonyl (C=O) groups is 2. The molecule has 36 heavy (non-hydrogen) atoms. The molecule has 0 bridgehead atoms. The summed E-state index contributed by atoms with van der Waals surface area (Å²) in [7, 11) is 0. The SMILES string of the molecule is O=C(NC[C@H](c1cccnc1)N1CCN(c2ccccc2F)CC1)C(=O)Nc1ccc([N+](=O)[O-])cc1. The van der Waals surface area contributed by atoms with Gasteiger partial charge in [-0.15, -0.1) is 0 Å². The van der Waals surface area contributed by atoms with Crippen molar-refractivity contribution < 1.29 is 18.9 Å². The Morgan fingerprint density at radius 1 is 1.00 bits per heavy atom. The van der Waals surface area contributed by atoms with Crippen molar-refractivity contribution in [1.29, 1.82) is 0 Å². The summed E-state index contributed by atoms with van der Waals surface area (Å²) in [6.07, 6.45) is 3.38. The molecule has 0 spiro atoms. The topological polar surface area (TPSA) is 121 Å². The molecule has 0 radical (unpaired) electrons. The van der Waals surface area contributed by atoms with Crippen LogP contribution in [0.2, 0.25) is 0 Å². The first-order chi connectivity index (χ1) is 17.4. The van der Waals surface area contributed by atoms with Crippen LogP contribution in [0.3, 0.4) is 0 Å². The lowest BCUT2D eigenvalue weighted by Crippen LogP contribution is -2.50. The van der Waals surface area contributed by atoms with Crippen LogP contribution < -0.4 is 15.5 Å². The third kappa shape index (κ3) is 5.99. The lowest BCUT2D eigenvalue weighted by Gasteiger charge is -2.40. The highest BCUT2D eigenvalue weighted by atomic mass is 19.1. The standard InChI is InChI=1S/C25H25FN6O4/c26-21-5-1-2-6-22(21)30-12-14-31(15-13-30)23(18-4-3-11-27-16-18)17-28-24(33)25(34)29-19-7-9-20(10-8-19)32(35)36/h1-11,16,23H,12-15,17H2,(H,28,33)(H,29,34)/t23-/m1/s1. The maximum atomic E-state index is 14.2. The van der Waals surface area contributed by atoms with Gasteiger partial charge in [-0.2, -0.15) is 0 Å². The summed E-state index contributed by atoms with van der Waals surface area (Å²) in [5, 5.41) is 15.9. The predicted molar refractivity (Wildman–Crippen MR) is 132 cm³/mol. The first-order valence-electron chi connectivity index (χ1n) is 11.4. The maximum absolute atomic E-state index is 14.2. The summed E-state index contributed by atoms with van der Waals surface area (Å²) in [6.45, 7) is 2.62. The number of pyridine rings is 1. The first kappa shape index (κ1) is 24.7. The molecule has 0 aliphatic carbocycles. The van der Waals surface area contributed by atoms with Crippen LogP contribution in [0.1, 0.15) is 11.6 Å². The molecule has 2 amide bonds. The quantitative estimate of drug-likeness (QED) is 0.296. The molecule has 186 valence electrons. The van der Waals surface area contributed by atoms with Crippen LogP contribution in [0, 0.1) is 15.9 Å². The van der Waals surface area contributed by atoms with Gasteiger partial charge in [-0.3, -0.25) is 29.6 Å². The zero-order chi connectivity index (χ0) is 25.5. The average Bonchev–Trinajstić information content (AvgIpc) is 2.90. The fourth-order valence-electron chi connectivity index (χ4n) is 4.14. The van der Waals surface area contributed by atoms with E-state index in [-0.39, 0.29) is 29.8 Å². The number of nitro benzene ring substituents is 1. The molecule has 11 heteroatoms. The number of benzene rings is 2. The zero-order valence-electron chi connectivity index (χ0n) is 19.3. The highest BCUT2D eigenvalue weighted by Crippen LogP contribution is 2.25. The van der Waals surface area contributed by atoms with Gasteiger partial charge >= 0.3 is 11.8 Å². The second-order valence-corrected chi connectivity index (χ2v) is 8.24. The molecule has 2 aromatic carbocycles. The van der Waals surface area contributed by atoms with Gasteiger partial charge in [-0.05, 0) is 35.9 Å². The zero-order valence-corrected chi connectivity index (χ0v) is 19.3. The third-order valence-electron chi connectivity index (χ3n) is 6.02. The Hall–Kier alpha value is -4.38. The Morgan fingerprint density at radius 2 is 1.72 bits per heavy atom. The molecular weight excluding hydrogens is 467 g/mol. The molecule has 1 aliphatic rings. The third-order valence-corrected chi connectivity index (χ3v) is 6.02. The number of amides is 2. The molecule has 2 heterocycles. The van der Waals surface area contributed by atoms with Crippen molar-refractivity contribution in [3.63, 3.8) is 0 Å². The Morgan fingerprint density at radius 3 is 2.36 bits per heavy atom. The fourth-order valence-corrected chi connectivity index (χ4v) is 4.14. The summed E-state index contributed by atoms with van der Waals surface area (Å²) in [5.41, 5.74) is 1.60. The number of anilines is 2. The molecule has 1 saturated heterocycles. The molecule has 0 saturated carbocycles. The number of non-ortho nitro benzene ring substituents is 1. The lowest BCUT2D eigenvalue weighted by molar-refractivity contribution is -0.384. The molecule has 1 aliphatic heterocycles. The number of nitro groups is 1. The summed E-state index contributed by atoms with van der Waals surface area (Å²) in [4.78, 5) is 43.4. The lowest BCUT2D eigenvalue weighted by atomic mass is 10.1. The number of carbonyl (C=O) groups excluding carboxylic acids is 2. The number of hydrogen-bond acceptors (Lipinski definition) is 7. The summed E-state index contributed by atoms with van der Waals surface area (Å²) < 4.78 is 14.2. The van der Waals surface area contributed by atoms with Crippen LogP contribution in [0.5, 0.6) is 0 Å². The molecule has 1 aromatic heterocycles. The van der Waals surface area contributed by atoms with E-state index in [1.54, 1.807) is 36.7 Å². The van der Waals surface area contributed by atoms with E-state index in [9.17, 15) is 24.1 Å². The van der Waals surface area contributed by atoms with E-state index in [2.05, 4.69) is 20.5 Å². The van der Waals surface area contributed by atoms with Crippen molar-refractivity contribution in [2.24, 2.45) is 0 Å². The summed E-state index contributed by atoms with van der Waals surface area (Å²) in [6, 6.07) is 15.3. The molecule has 1 atom stereocenters. The van der Waals surface area contributed by atoms with Gasteiger partial charge < -0.3 is 15.5 Å². The van der Waals surface area contributed by atoms with Gasteiger partial charge in [0.1, 0.15) is 5.82 Å². The number of nitrogens with one attached hydrogen (secondary N) is 2. The number of nitrogens with zero attached hydrogens (tertiary/aromatic N) is 4. The second-order valence-electron chi connectivity index (χ2n) is 8.24. The highest BCUT2D eigenvalue weighted by Gasteiger charge is 2.27. The van der Waals surface area contributed by atoms with Gasteiger partial charge in [0.15, 0.2) is 0 Å². The minimum atomic E-state index is -0.877. The van der Waals surface area contributed by atoms with E-state index < -0.39 is 16.7 Å². The van der Waals surface area contributed by atoms with Crippen LogP contribution in [-0.4, -0.2) is 59.3 Å². The number of rotatable bonds is 7. The van der Waals surface area contributed by atoms with E-state index in [0.717, 1.165) is 5.56 Å². The Labute approximate surface area is 206 Å². The Kier molecular flexibility index (Phi) is 7.81. The van der Waals surface area contributed by atoms with Crippen molar-refractivity contribution in [3.8, 4) is 0 Å². The van der Waals surface area contributed by atoms with Crippen LogP contribution in [-0.2, 0) is 9.59 Å². The second kappa shape index (κ2) is 11.4. The van der Waals surface area contributed by atoms with Crippen molar-refractivity contribution >= 4 is 28.9 Å². The molecule has 0 unspecified atom stereocenters. The van der Waals surface area contributed by atoms with E-state index in [1.807, 2.05) is 11.0 Å². The highest BCUT2D eigenvalue weighted by molar-refractivity contribution is 6.39. The number of piperazine rings is 1. The first-order valence-corrected chi connectivity index (χ1v) is 11.4. The minimum absolute atomic E-state index is 0.119. The van der Waals surface area contributed by atoms with Gasteiger partial charge in [-0.1, -0.05) is 18.2 Å². The van der Waals surface area contributed by atoms with Crippen molar-refractivity contribution in [3.05, 3.63) is 94.6 Å². The molecule has 4 rings (SSSR count). The van der Waals surface area contributed by atoms with Gasteiger partial charge in [-0.25, -0.2) is 4.39 Å². The van der Waals surface area contributed by atoms with Gasteiger partial charge in [0.25, 0.3) is 5.69 Å². The van der Waals surface area contributed by atoms with Gasteiger partial charge in [0.05, 0.1) is 16.7 Å². The van der Waals surface area contributed by atoms with E-state index in [0.29, 0.717) is 31.9 Å². The molecule has 2 N–H and O–H groups in total. The van der Waals surface area contributed by atoms with Crippen LogP contribution >= 0.6 is 0 Å². The molecule has 10 nitrogen and oxygen atoms in total. The van der Waals surface area contributed by atoms with E-state index >= 15 is 0 Å². The molecule has 1 fully saturated rings. The smallest absolute Gasteiger partial charge is 0.313 e. The number of hydrogen-bond donors (Lipinski definition) is 2. The minimum Gasteiger partial charge on any atom is -0.367 e. The van der Waals surface area contributed by atoms with E-state index in [4.69, 9.17) is 0 Å².